The molecule has 1 rings (SSSR count). The van der Waals surface area contributed by atoms with Crippen molar-refractivity contribution in [1.29, 1.82) is 0 Å². The van der Waals surface area contributed by atoms with Gasteiger partial charge in [-0.05, 0) is 6.07 Å². The lowest BCUT2D eigenvalue weighted by atomic mass is 10.2. The van der Waals surface area contributed by atoms with Gasteiger partial charge < -0.3 is 10.1 Å². The van der Waals surface area contributed by atoms with E-state index in [-0.39, 0.29) is 0 Å². The summed E-state index contributed by atoms with van der Waals surface area (Å²) in [6, 6.07) is 1.64. The molecule has 0 fully saturated rings. The number of aliphatic hydroxyl groups excluding tert-OH is 1. The standard InChI is InChI=1S/C6H8FNO/c7-3-6(9)5-1-2-8-4-5/h1-2,4,6,8-9H,3H2. The third-order valence-electron chi connectivity index (χ3n) is 1.15. The summed E-state index contributed by atoms with van der Waals surface area (Å²) in [6.07, 6.45) is 2.26. The number of H-pyrrole nitrogens is 1. The molecule has 0 aliphatic carbocycles. The maximum atomic E-state index is 11.7. The van der Waals surface area contributed by atoms with E-state index < -0.39 is 12.8 Å². The fraction of sp³-hybridized carbons (Fsp3) is 0.333. The Balaban J connectivity index is 2.65. The number of aromatic amines is 1. The topological polar surface area (TPSA) is 36.0 Å². The van der Waals surface area contributed by atoms with Gasteiger partial charge in [-0.1, -0.05) is 0 Å². The zero-order chi connectivity index (χ0) is 6.69. The van der Waals surface area contributed by atoms with Crippen LogP contribution in [0.15, 0.2) is 18.5 Å². The lowest BCUT2D eigenvalue weighted by molar-refractivity contribution is 0.142. The van der Waals surface area contributed by atoms with Crippen molar-refractivity contribution in [3.63, 3.8) is 0 Å². The van der Waals surface area contributed by atoms with Crippen LogP contribution in [0.2, 0.25) is 0 Å². The molecule has 0 saturated heterocycles. The SMILES string of the molecule is OC(CF)c1cc[nH]c1. The Kier molecular flexibility index (Phi) is 1.85. The van der Waals surface area contributed by atoms with E-state index in [0.29, 0.717) is 5.56 Å². The predicted molar refractivity (Wildman–Crippen MR) is 31.7 cm³/mol. The van der Waals surface area contributed by atoms with Gasteiger partial charge in [-0.15, -0.1) is 0 Å². The molecule has 1 aromatic rings. The molecule has 50 valence electrons. The van der Waals surface area contributed by atoms with Crippen LogP contribution in [0.5, 0.6) is 0 Å². The van der Waals surface area contributed by atoms with Gasteiger partial charge in [0.15, 0.2) is 0 Å². The fourth-order valence-corrected chi connectivity index (χ4v) is 0.633. The number of halogens is 1. The molecule has 0 aliphatic heterocycles. The first kappa shape index (κ1) is 6.29. The molecule has 0 spiro atoms. The molecule has 1 atom stereocenters. The van der Waals surface area contributed by atoms with Gasteiger partial charge in [0.2, 0.25) is 0 Å². The van der Waals surface area contributed by atoms with Crippen LogP contribution in [0.3, 0.4) is 0 Å². The van der Waals surface area contributed by atoms with Crippen LogP contribution in [0.4, 0.5) is 4.39 Å². The molecule has 0 aromatic carbocycles. The van der Waals surface area contributed by atoms with Crippen molar-refractivity contribution in [2.24, 2.45) is 0 Å². The van der Waals surface area contributed by atoms with Gasteiger partial charge in [0.25, 0.3) is 0 Å². The molecule has 1 aromatic heterocycles. The van der Waals surface area contributed by atoms with Crippen molar-refractivity contribution in [2.45, 2.75) is 6.10 Å². The summed E-state index contributed by atoms with van der Waals surface area (Å²) in [5.41, 5.74) is 0.595. The quantitative estimate of drug-likeness (QED) is 0.614. The summed E-state index contributed by atoms with van der Waals surface area (Å²) in [7, 11) is 0. The molecule has 0 saturated carbocycles. The van der Waals surface area contributed by atoms with Crippen LogP contribution in [0.25, 0.3) is 0 Å². The summed E-state index contributed by atoms with van der Waals surface area (Å²) in [6.45, 7) is -0.724. The summed E-state index contributed by atoms with van der Waals surface area (Å²) in [5.74, 6) is 0. The van der Waals surface area contributed by atoms with Crippen molar-refractivity contribution < 1.29 is 9.50 Å². The van der Waals surface area contributed by atoms with Gasteiger partial charge in [-0.3, -0.25) is 0 Å². The van der Waals surface area contributed by atoms with Crippen LogP contribution in [-0.2, 0) is 0 Å². The molecular formula is C6H8FNO. The van der Waals surface area contributed by atoms with E-state index in [9.17, 15) is 4.39 Å². The summed E-state index contributed by atoms with van der Waals surface area (Å²) in [4.78, 5) is 2.72. The Morgan fingerprint density at radius 2 is 2.56 bits per heavy atom. The normalized spacial score (nSPS) is 13.6. The minimum Gasteiger partial charge on any atom is -0.386 e. The number of hydrogen-bond donors (Lipinski definition) is 2. The van der Waals surface area contributed by atoms with Crippen LogP contribution in [0.1, 0.15) is 11.7 Å². The summed E-state index contributed by atoms with van der Waals surface area (Å²) < 4.78 is 11.7. The Morgan fingerprint density at radius 3 is 3.00 bits per heavy atom. The van der Waals surface area contributed by atoms with E-state index in [1.807, 2.05) is 0 Å². The van der Waals surface area contributed by atoms with E-state index in [0.717, 1.165) is 0 Å². The van der Waals surface area contributed by atoms with Gasteiger partial charge in [-0.25, -0.2) is 4.39 Å². The van der Waals surface area contributed by atoms with Gasteiger partial charge in [0.05, 0.1) is 0 Å². The molecule has 0 bridgehead atoms. The Bertz CT molecular complexity index is 162. The average molecular weight is 129 g/mol. The van der Waals surface area contributed by atoms with E-state index >= 15 is 0 Å². The second kappa shape index (κ2) is 2.64. The minimum atomic E-state index is -0.962. The van der Waals surface area contributed by atoms with Crippen molar-refractivity contribution in [1.82, 2.24) is 4.98 Å². The number of nitrogens with one attached hydrogen (secondary N) is 1. The third kappa shape index (κ3) is 1.29. The van der Waals surface area contributed by atoms with E-state index in [2.05, 4.69) is 4.98 Å². The molecule has 2 N–H and O–H groups in total. The van der Waals surface area contributed by atoms with Gasteiger partial charge >= 0.3 is 0 Å². The second-order valence-electron chi connectivity index (χ2n) is 1.81. The van der Waals surface area contributed by atoms with Gasteiger partial charge in [-0.2, -0.15) is 0 Å². The molecule has 0 aliphatic rings. The summed E-state index contributed by atoms with van der Waals surface area (Å²) in [5, 5.41) is 8.82. The molecule has 2 nitrogen and oxygen atoms in total. The van der Waals surface area contributed by atoms with Crippen LogP contribution < -0.4 is 0 Å². The van der Waals surface area contributed by atoms with Crippen molar-refractivity contribution >= 4 is 0 Å². The van der Waals surface area contributed by atoms with Crippen LogP contribution >= 0.6 is 0 Å². The number of rotatable bonds is 2. The maximum Gasteiger partial charge on any atom is 0.120 e. The molecule has 0 amide bonds. The molecule has 1 unspecified atom stereocenters. The second-order valence-corrected chi connectivity index (χ2v) is 1.81. The maximum absolute atomic E-state index is 11.7. The number of hydrogen-bond acceptors (Lipinski definition) is 1. The predicted octanol–water partition coefficient (Wildman–Crippen LogP) is 1.02. The Hall–Kier alpha value is -0.830. The number of aromatic nitrogens is 1. The van der Waals surface area contributed by atoms with E-state index in [1.165, 1.54) is 0 Å². The van der Waals surface area contributed by atoms with Crippen molar-refractivity contribution in [3.05, 3.63) is 24.0 Å². The first-order valence-corrected chi connectivity index (χ1v) is 2.71. The Morgan fingerprint density at radius 1 is 1.78 bits per heavy atom. The van der Waals surface area contributed by atoms with Gasteiger partial charge in [0.1, 0.15) is 12.8 Å². The largest absolute Gasteiger partial charge is 0.386 e. The molecule has 1 heterocycles. The summed E-state index contributed by atoms with van der Waals surface area (Å²) >= 11 is 0. The highest BCUT2D eigenvalue weighted by Gasteiger charge is 2.04. The molecule has 9 heavy (non-hydrogen) atoms. The highest BCUT2D eigenvalue weighted by molar-refractivity contribution is 5.11. The molecule has 0 radical (unpaired) electrons. The Labute approximate surface area is 52.3 Å². The minimum absolute atomic E-state index is 0.595. The first-order valence-electron chi connectivity index (χ1n) is 2.71. The third-order valence-corrected chi connectivity index (χ3v) is 1.15. The molecular weight excluding hydrogens is 121 g/mol. The van der Waals surface area contributed by atoms with E-state index in [1.54, 1.807) is 18.5 Å². The van der Waals surface area contributed by atoms with E-state index in [4.69, 9.17) is 5.11 Å². The molecule has 3 heteroatoms. The zero-order valence-electron chi connectivity index (χ0n) is 4.84. The number of aliphatic hydroxyl groups is 1. The zero-order valence-corrected chi connectivity index (χ0v) is 4.84. The smallest absolute Gasteiger partial charge is 0.120 e. The fourth-order valence-electron chi connectivity index (χ4n) is 0.633. The first-order chi connectivity index (χ1) is 4.34. The highest BCUT2D eigenvalue weighted by Crippen LogP contribution is 2.10. The van der Waals surface area contributed by atoms with Crippen molar-refractivity contribution in [2.75, 3.05) is 6.67 Å². The number of alkyl halides is 1. The monoisotopic (exact) mass is 129 g/mol. The van der Waals surface area contributed by atoms with Crippen molar-refractivity contribution in [3.8, 4) is 0 Å². The van der Waals surface area contributed by atoms with Crippen LogP contribution in [-0.4, -0.2) is 16.8 Å². The average Bonchev–Trinajstić information content (AvgIpc) is 2.37. The lowest BCUT2D eigenvalue weighted by Crippen LogP contribution is -1.96. The highest BCUT2D eigenvalue weighted by atomic mass is 19.1. The van der Waals surface area contributed by atoms with Gasteiger partial charge in [0, 0.05) is 18.0 Å². The lowest BCUT2D eigenvalue weighted by Gasteiger charge is -1.99. The van der Waals surface area contributed by atoms with Crippen LogP contribution in [0, 0.1) is 0 Å².